The minimum Gasteiger partial charge on any atom is -0.324 e. The number of hydrogen-bond donors (Lipinski definition) is 2. The van der Waals surface area contributed by atoms with Gasteiger partial charge in [-0.3, -0.25) is 19.6 Å². The third-order valence-electron chi connectivity index (χ3n) is 6.31. The summed E-state index contributed by atoms with van der Waals surface area (Å²) < 4.78 is 0. The van der Waals surface area contributed by atoms with E-state index in [2.05, 4.69) is 28.6 Å². The Labute approximate surface area is 212 Å². The molecule has 0 bridgehead atoms. The summed E-state index contributed by atoms with van der Waals surface area (Å²) in [4.78, 5) is 34.8. The molecule has 2 amide bonds. The Hall–Kier alpha value is -3.80. The Morgan fingerprint density at radius 3 is 2.19 bits per heavy atom. The van der Waals surface area contributed by atoms with E-state index in [0.717, 1.165) is 50.9 Å². The second-order valence-electron chi connectivity index (χ2n) is 10.7. The van der Waals surface area contributed by atoms with Gasteiger partial charge in [-0.2, -0.15) is 0 Å². The van der Waals surface area contributed by atoms with Crippen molar-refractivity contribution in [1.82, 2.24) is 9.97 Å². The number of rotatable bonds is 6. The zero-order valence-electron chi connectivity index (χ0n) is 21.9. The minimum absolute atomic E-state index is 0.0307. The number of fused-ring (bicyclic) bond motifs is 2. The molecule has 0 aliphatic heterocycles. The van der Waals surface area contributed by atoms with Gasteiger partial charge in [0.05, 0.1) is 22.4 Å². The average molecular weight is 483 g/mol. The summed E-state index contributed by atoms with van der Waals surface area (Å²) in [6.07, 6.45) is 1.12. The van der Waals surface area contributed by atoms with Crippen LogP contribution in [-0.2, 0) is 16.0 Å². The van der Waals surface area contributed by atoms with E-state index in [9.17, 15) is 9.59 Å². The molecule has 0 fully saturated rings. The fourth-order valence-electron chi connectivity index (χ4n) is 4.26. The summed E-state index contributed by atoms with van der Waals surface area (Å²) in [5.41, 5.74) is 5.47. The second-order valence-corrected chi connectivity index (χ2v) is 10.7. The lowest BCUT2D eigenvalue weighted by Crippen LogP contribution is -2.27. The summed E-state index contributed by atoms with van der Waals surface area (Å²) in [5, 5.41) is 8.04. The van der Waals surface area contributed by atoms with Crippen LogP contribution in [0.15, 0.2) is 54.6 Å². The fraction of sp³-hybridized carbons (Fsp3) is 0.333. The van der Waals surface area contributed by atoms with Gasteiger partial charge in [0.2, 0.25) is 11.8 Å². The second kappa shape index (κ2) is 10.1. The van der Waals surface area contributed by atoms with Gasteiger partial charge in [0.1, 0.15) is 0 Å². The molecule has 0 aliphatic rings. The van der Waals surface area contributed by atoms with E-state index in [0.29, 0.717) is 12.1 Å². The van der Waals surface area contributed by atoms with Crippen LogP contribution in [0.4, 0.5) is 11.4 Å². The first-order valence-corrected chi connectivity index (χ1v) is 12.4. The van der Waals surface area contributed by atoms with E-state index in [-0.39, 0.29) is 17.7 Å². The number of amides is 2. The molecule has 1 atom stereocenters. The molecule has 36 heavy (non-hydrogen) atoms. The van der Waals surface area contributed by atoms with Crippen LogP contribution in [0.5, 0.6) is 0 Å². The van der Waals surface area contributed by atoms with Gasteiger partial charge in [-0.1, -0.05) is 58.0 Å². The van der Waals surface area contributed by atoms with E-state index in [1.807, 2.05) is 83.1 Å². The summed E-state index contributed by atoms with van der Waals surface area (Å²) >= 11 is 0. The van der Waals surface area contributed by atoms with Gasteiger partial charge in [0.25, 0.3) is 0 Å². The van der Waals surface area contributed by atoms with Crippen molar-refractivity contribution in [2.24, 2.45) is 11.3 Å². The largest absolute Gasteiger partial charge is 0.324 e. The molecule has 186 valence electrons. The molecule has 4 aromatic rings. The molecule has 0 radical (unpaired) electrons. The number of anilines is 2. The number of carbonyl (C=O) groups is 2. The maximum Gasteiger partial charge on any atom is 0.229 e. The number of aryl methyl sites for hydroxylation is 2. The quantitative estimate of drug-likeness (QED) is 0.325. The van der Waals surface area contributed by atoms with Crippen molar-refractivity contribution in [3.63, 3.8) is 0 Å². The highest BCUT2D eigenvalue weighted by atomic mass is 16.2. The zero-order chi connectivity index (χ0) is 26.0. The lowest BCUT2D eigenvalue weighted by molar-refractivity contribution is -0.123. The number of hydrogen-bond acceptors (Lipinski definition) is 4. The molecule has 2 aromatic carbocycles. The highest BCUT2D eigenvalue weighted by Gasteiger charge is 2.22. The number of para-hydroxylation sites is 2. The van der Waals surface area contributed by atoms with Crippen molar-refractivity contribution in [2.45, 2.75) is 54.4 Å². The fourth-order valence-corrected chi connectivity index (χ4v) is 4.26. The number of pyridine rings is 2. The van der Waals surface area contributed by atoms with E-state index in [1.54, 1.807) is 0 Å². The van der Waals surface area contributed by atoms with Crippen LogP contribution >= 0.6 is 0 Å². The van der Waals surface area contributed by atoms with Crippen molar-refractivity contribution >= 4 is 45.0 Å². The summed E-state index contributed by atoms with van der Waals surface area (Å²) in [6.45, 7) is 11.7. The van der Waals surface area contributed by atoms with Crippen LogP contribution in [-0.4, -0.2) is 21.8 Å². The van der Waals surface area contributed by atoms with Crippen molar-refractivity contribution in [3.8, 4) is 0 Å². The van der Waals surface area contributed by atoms with Gasteiger partial charge in [-0.05, 0) is 56.0 Å². The standard InChI is InChI=1S/C30H34N4O2/c1-18(16-26(35)33-24-11-7-9-21-14-13-19(2)31-27(21)24)15-23-17-22-10-8-12-25(28(22)32-20(23)3)34-29(36)30(4,5)6/h7-14,17-18H,15-16H2,1-6H3,(H,33,35)(H,34,36). The Morgan fingerprint density at radius 2 is 1.50 bits per heavy atom. The molecular formula is C30H34N4O2. The monoisotopic (exact) mass is 482 g/mol. The topological polar surface area (TPSA) is 84.0 Å². The zero-order valence-corrected chi connectivity index (χ0v) is 21.9. The predicted molar refractivity (Wildman–Crippen MR) is 147 cm³/mol. The molecule has 0 saturated heterocycles. The number of benzene rings is 2. The molecule has 6 heteroatoms. The molecule has 4 rings (SSSR count). The number of carbonyl (C=O) groups excluding carboxylic acids is 2. The van der Waals surface area contributed by atoms with Crippen LogP contribution < -0.4 is 10.6 Å². The van der Waals surface area contributed by atoms with Gasteiger partial charge >= 0.3 is 0 Å². The minimum atomic E-state index is -0.492. The third-order valence-corrected chi connectivity index (χ3v) is 6.31. The van der Waals surface area contributed by atoms with Crippen molar-refractivity contribution in [2.75, 3.05) is 10.6 Å². The van der Waals surface area contributed by atoms with E-state index >= 15 is 0 Å². The van der Waals surface area contributed by atoms with Gasteiger partial charge in [-0.15, -0.1) is 0 Å². The van der Waals surface area contributed by atoms with Crippen LogP contribution in [0.2, 0.25) is 0 Å². The molecule has 2 heterocycles. The Morgan fingerprint density at radius 1 is 0.861 bits per heavy atom. The van der Waals surface area contributed by atoms with E-state index < -0.39 is 5.41 Å². The molecule has 1 unspecified atom stereocenters. The molecule has 2 N–H and O–H groups in total. The smallest absolute Gasteiger partial charge is 0.229 e. The summed E-state index contributed by atoms with van der Waals surface area (Å²) in [5.74, 6) is 0.0444. The van der Waals surface area contributed by atoms with E-state index in [1.165, 1.54) is 0 Å². The van der Waals surface area contributed by atoms with E-state index in [4.69, 9.17) is 4.98 Å². The SMILES string of the molecule is Cc1ccc2cccc(NC(=O)CC(C)Cc3cc4cccc(NC(=O)C(C)(C)C)c4nc3C)c2n1. The number of aromatic nitrogens is 2. The van der Waals surface area contributed by atoms with Crippen LogP contribution in [0.3, 0.4) is 0 Å². The highest BCUT2D eigenvalue weighted by Crippen LogP contribution is 2.28. The normalized spacial score (nSPS) is 12.5. The van der Waals surface area contributed by atoms with Gasteiger partial charge in [0, 0.05) is 34.0 Å². The predicted octanol–water partition coefficient (Wildman–Crippen LogP) is 6.59. The van der Waals surface area contributed by atoms with Crippen molar-refractivity contribution in [1.29, 1.82) is 0 Å². The molecule has 2 aromatic heterocycles. The van der Waals surface area contributed by atoms with Gasteiger partial charge in [0.15, 0.2) is 0 Å². The average Bonchev–Trinajstić information content (AvgIpc) is 2.79. The lowest BCUT2D eigenvalue weighted by atomic mass is 9.94. The maximum atomic E-state index is 12.9. The lowest BCUT2D eigenvalue weighted by Gasteiger charge is -2.19. The first-order chi connectivity index (χ1) is 17.0. The summed E-state index contributed by atoms with van der Waals surface area (Å²) in [7, 11) is 0. The first kappa shape index (κ1) is 25.3. The highest BCUT2D eigenvalue weighted by molar-refractivity contribution is 6.02. The summed E-state index contributed by atoms with van der Waals surface area (Å²) in [6, 6.07) is 17.7. The number of nitrogens with one attached hydrogen (secondary N) is 2. The molecular weight excluding hydrogens is 448 g/mol. The number of nitrogens with zero attached hydrogens (tertiary/aromatic N) is 2. The van der Waals surface area contributed by atoms with Crippen LogP contribution in [0.25, 0.3) is 21.8 Å². The molecule has 0 spiro atoms. The van der Waals surface area contributed by atoms with Gasteiger partial charge in [-0.25, -0.2) is 0 Å². The van der Waals surface area contributed by atoms with Crippen molar-refractivity contribution < 1.29 is 9.59 Å². The first-order valence-electron chi connectivity index (χ1n) is 12.4. The third kappa shape index (κ3) is 5.70. The Balaban J connectivity index is 1.48. The van der Waals surface area contributed by atoms with Gasteiger partial charge < -0.3 is 10.6 Å². The van der Waals surface area contributed by atoms with Crippen LogP contribution in [0.1, 0.15) is 51.1 Å². The van der Waals surface area contributed by atoms with Crippen LogP contribution in [0, 0.1) is 25.2 Å². The Kier molecular flexibility index (Phi) is 7.07. The Bertz CT molecular complexity index is 1450. The maximum absolute atomic E-state index is 12.9. The molecule has 0 saturated carbocycles. The van der Waals surface area contributed by atoms with Crippen molar-refractivity contribution in [3.05, 3.63) is 71.5 Å². The molecule has 0 aliphatic carbocycles. The molecule has 6 nitrogen and oxygen atoms in total.